The van der Waals surface area contributed by atoms with Crippen LogP contribution in [0.5, 0.6) is 0 Å². The number of guanidine groups is 1. The van der Waals surface area contributed by atoms with E-state index in [1.54, 1.807) is 6.07 Å². The molecule has 0 bridgehead atoms. The summed E-state index contributed by atoms with van der Waals surface area (Å²) in [5, 5.41) is 3.30. The van der Waals surface area contributed by atoms with Crippen LogP contribution in [0.1, 0.15) is 13.8 Å². The molecule has 1 N–H and O–H groups in total. The number of benzene rings is 1. The summed E-state index contributed by atoms with van der Waals surface area (Å²) in [4.78, 5) is 8.83. The summed E-state index contributed by atoms with van der Waals surface area (Å²) in [7, 11) is 0. The van der Waals surface area contributed by atoms with E-state index in [0.29, 0.717) is 5.69 Å². The normalized spacial score (nSPS) is 15.7. The highest BCUT2D eigenvalue weighted by molar-refractivity contribution is 14.0. The van der Waals surface area contributed by atoms with Crippen LogP contribution in [0.4, 0.5) is 10.1 Å². The molecule has 0 unspecified atom stereocenters. The van der Waals surface area contributed by atoms with Crippen LogP contribution in [-0.2, 0) is 0 Å². The average Bonchev–Trinajstić information content (AvgIpc) is 2.48. The number of hydrogen-bond donors (Lipinski definition) is 1. The topological polar surface area (TPSA) is 30.9 Å². The molecule has 0 atom stereocenters. The third-order valence-corrected chi connectivity index (χ3v) is 3.42. The largest absolute Gasteiger partial charge is 0.366 e. The zero-order chi connectivity index (χ0) is 14.4. The zero-order valence-corrected chi connectivity index (χ0v) is 15.0. The van der Waals surface area contributed by atoms with Crippen molar-refractivity contribution in [2.75, 3.05) is 44.2 Å². The van der Waals surface area contributed by atoms with Gasteiger partial charge >= 0.3 is 0 Å². The number of halogens is 2. The lowest BCUT2D eigenvalue weighted by Gasteiger charge is -2.37. The molecule has 1 aromatic rings. The van der Waals surface area contributed by atoms with Gasteiger partial charge in [-0.2, -0.15) is 0 Å². The first-order valence-corrected chi connectivity index (χ1v) is 7.29. The smallest absolute Gasteiger partial charge is 0.194 e. The SMILES string of the molecule is CCN=C(NCC)N1CCN(c2ccccc2F)CC1.I. The standard InChI is InChI=1S/C15H23FN4.HI/c1-3-17-15(18-4-2)20-11-9-19(10-12-20)14-8-6-5-7-13(14)16;/h5-8H,3-4,9-12H2,1-2H3,(H,17,18);1H. The molecule has 0 saturated carbocycles. The second-order valence-corrected chi connectivity index (χ2v) is 4.75. The molecule has 1 aliphatic rings. The van der Waals surface area contributed by atoms with Crippen molar-refractivity contribution in [3.63, 3.8) is 0 Å². The van der Waals surface area contributed by atoms with E-state index in [4.69, 9.17) is 0 Å². The molecule has 0 aliphatic carbocycles. The van der Waals surface area contributed by atoms with Gasteiger partial charge in [-0.25, -0.2) is 4.39 Å². The van der Waals surface area contributed by atoms with E-state index in [1.807, 2.05) is 19.1 Å². The van der Waals surface area contributed by atoms with Gasteiger partial charge in [0, 0.05) is 39.3 Å². The van der Waals surface area contributed by atoms with Crippen LogP contribution in [0.2, 0.25) is 0 Å². The van der Waals surface area contributed by atoms with Crippen LogP contribution in [0, 0.1) is 5.82 Å². The maximum Gasteiger partial charge on any atom is 0.194 e. The number of piperazine rings is 1. The first-order chi connectivity index (χ1) is 9.76. The predicted octanol–water partition coefficient (Wildman–Crippen LogP) is 2.55. The number of nitrogens with one attached hydrogen (secondary N) is 1. The molecular formula is C15H24FIN4. The molecule has 0 amide bonds. The Hall–Kier alpha value is -1.05. The molecule has 0 radical (unpaired) electrons. The highest BCUT2D eigenvalue weighted by Crippen LogP contribution is 2.20. The van der Waals surface area contributed by atoms with Gasteiger partial charge in [0.1, 0.15) is 5.82 Å². The van der Waals surface area contributed by atoms with Crippen molar-refractivity contribution in [1.29, 1.82) is 0 Å². The lowest BCUT2D eigenvalue weighted by Crippen LogP contribution is -2.52. The fraction of sp³-hybridized carbons (Fsp3) is 0.533. The lowest BCUT2D eigenvalue weighted by molar-refractivity contribution is 0.371. The first kappa shape index (κ1) is 18.0. The van der Waals surface area contributed by atoms with Crippen molar-refractivity contribution >= 4 is 35.6 Å². The third kappa shape index (κ3) is 4.72. The molecule has 1 fully saturated rings. The fourth-order valence-corrected chi connectivity index (χ4v) is 2.44. The Kier molecular flexibility index (Phi) is 7.77. The molecule has 1 saturated heterocycles. The van der Waals surface area contributed by atoms with E-state index >= 15 is 0 Å². The quantitative estimate of drug-likeness (QED) is 0.476. The number of anilines is 1. The van der Waals surface area contributed by atoms with Crippen LogP contribution < -0.4 is 10.2 Å². The van der Waals surface area contributed by atoms with E-state index < -0.39 is 0 Å². The van der Waals surface area contributed by atoms with Crippen molar-refractivity contribution in [1.82, 2.24) is 10.2 Å². The highest BCUT2D eigenvalue weighted by atomic mass is 127. The predicted molar refractivity (Wildman–Crippen MR) is 97.3 cm³/mol. The van der Waals surface area contributed by atoms with Crippen LogP contribution in [0.25, 0.3) is 0 Å². The van der Waals surface area contributed by atoms with E-state index in [0.717, 1.165) is 45.2 Å². The molecule has 0 spiro atoms. The molecule has 21 heavy (non-hydrogen) atoms. The van der Waals surface area contributed by atoms with Gasteiger partial charge in [0.05, 0.1) is 5.69 Å². The summed E-state index contributed by atoms with van der Waals surface area (Å²) in [6.45, 7) is 9.10. The molecular weight excluding hydrogens is 382 g/mol. The Labute approximate surface area is 143 Å². The van der Waals surface area contributed by atoms with Gasteiger partial charge < -0.3 is 15.1 Å². The molecule has 2 rings (SSSR count). The van der Waals surface area contributed by atoms with Gasteiger partial charge in [0.2, 0.25) is 0 Å². The van der Waals surface area contributed by atoms with E-state index in [2.05, 4.69) is 27.0 Å². The second-order valence-electron chi connectivity index (χ2n) is 4.75. The molecule has 1 heterocycles. The Morgan fingerprint density at radius 2 is 1.86 bits per heavy atom. The van der Waals surface area contributed by atoms with Gasteiger partial charge in [-0.15, -0.1) is 24.0 Å². The first-order valence-electron chi connectivity index (χ1n) is 7.29. The molecule has 0 aromatic heterocycles. The number of rotatable bonds is 3. The van der Waals surface area contributed by atoms with Crippen LogP contribution >= 0.6 is 24.0 Å². The van der Waals surface area contributed by atoms with Crippen molar-refractivity contribution in [2.45, 2.75) is 13.8 Å². The fourth-order valence-electron chi connectivity index (χ4n) is 2.44. The van der Waals surface area contributed by atoms with Gasteiger partial charge in [-0.1, -0.05) is 12.1 Å². The van der Waals surface area contributed by atoms with Gasteiger partial charge in [-0.05, 0) is 26.0 Å². The van der Waals surface area contributed by atoms with Gasteiger partial charge in [0.25, 0.3) is 0 Å². The van der Waals surface area contributed by atoms with E-state index in [1.165, 1.54) is 6.07 Å². The molecule has 6 heteroatoms. The lowest BCUT2D eigenvalue weighted by atomic mass is 10.2. The minimum Gasteiger partial charge on any atom is -0.366 e. The molecule has 4 nitrogen and oxygen atoms in total. The number of para-hydroxylation sites is 1. The van der Waals surface area contributed by atoms with Crippen LogP contribution in [0.3, 0.4) is 0 Å². The van der Waals surface area contributed by atoms with E-state index in [-0.39, 0.29) is 29.8 Å². The Bertz CT molecular complexity index is 459. The number of nitrogens with zero attached hydrogens (tertiary/aromatic N) is 3. The summed E-state index contributed by atoms with van der Waals surface area (Å²) >= 11 is 0. The number of aliphatic imine (C=N–C) groups is 1. The molecule has 1 aromatic carbocycles. The minimum absolute atomic E-state index is 0. The van der Waals surface area contributed by atoms with Gasteiger partial charge in [-0.3, -0.25) is 4.99 Å². The van der Waals surface area contributed by atoms with Crippen molar-refractivity contribution < 1.29 is 4.39 Å². The Balaban J connectivity index is 0.00000220. The summed E-state index contributed by atoms with van der Waals surface area (Å²) < 4.78 is 13.8. The van der Waals surface area contributed by atoms with Gasteiger partial charge in [0.15, 0.2) is 5.96 Å². The zero-order valence-electron chi connectivity index (χ0n) is 12.7. The Morgan fingerprint density at radius 3 is 2.43 bits per heavy atom. The monoisotopic (exact) mass is 406 g/mol. The summed E-state index contributed by atoms with van der Waals surface area (Å²) in [5.41, 5.74) is 0.699. The summed E-state index contributed by atoms with van der Waals surface area (Å²) in [6.07, 6.45) is 0. The summed E-state index contributed by atoms with van der Waals surface area (Å²) in [6, 6.07) is 6.97. The van der Waals surface area contributed by atoms with Crippen molar-refractivity contribution in [3.8, 4) is 0 Å². The summed E-state index contributed by atoms with van der Waals surface area (Å²) in [5.74, 6) is 0.818. The second kappa shape index (κ2) is 9.07. The van der Waals surface area contributed by atoms with E-state index in [9.17, 15) is 4.39 Å². The van der Waals surface area contributed by atoms with Crippen molar-refractivity contribution in [2.24, 2.45) is 4.99 Å². The molecule has 1 aliphatic heterocycles. The highest BCUT2D eigenvalue weighted by Gasteiger charge is 2.21. The maximum atomic E-state index is 13.8. The maximum absolute atomic E-state index is 13.8. The molecule has 118 valence electrons. The third-order valence-electron chi connectivity index (χ3n) is 3.42. The van der Waals surface area contributed by atoms with Crippen LogP contribution in [0.15, 0.2) is 29.3 Å². The Morgan fingerprint density at radius 1 is 1.19 bits per heavy atom. The average molecular weight is 406 g/mol. The van der Waals surface area contributed by atoms with Crippen molar-refractivity contribution in [3.05, 3.63) is 30.1 Å². The minimum atomic E-state index is -0.143. The van der Waals surface area contributed by atoms with Crippen LogP contribution in [-0.4, -0.2) is 50.1 Å². The number of hydrogen-bond acceptors (Lipinski definition) is 2.